The summed E-state index contributed by atoms with van der Waals surface area (Å²) in [4.78, 5) is 2.22. The van der Waals surface area contributed by atoms with Crippen molar-refractivity contribution in [1.82, 2.24) is 4.90 Å². The van der Waals surface area contributed by atoms with Crippen LogP contribution in [-0.4, -0.2) is 36.4 Å². The van der Waals surface area contributed by atoms with Crippen molar-refractivity contribution in [3.8, 4) is 11.5 Å². The van der Waals surface area contributed by atoms with E-state index in [2.05, 4.69) is 23.1 Å². The summed E-state index contributed by atoms with van der Waals surface area (Å²) in [7, 11) is 1.69. The van der Waals surface area contributed by atoms with Crippen molar-refractivity contribution in [2.75, 3.05) is 20.3 Å². The highest BCUT2D eigenvalue weighted by molar-refractivity contribution is 5.33. The number of hydrogen-bond acceptors (Lipinski definition) is 4. The molecule has 152 valence electrons. The molecule has 29 heavy (non-hydrogen) atoms. The number of aryl methyl sites for hydroxylation is 1. The van der Waals surface area contributed by atoms with Crippen LogP contribution in [0.4, 0.5) is 0 Å². The molecule has 0 heterocycles. The summed E-state index contributed by atoms with van der Waals surface area (Å²) in [5.41, 5.74) is 3.36. The Balaban J connectivity index is 1.67. The van der Waals surface area contributed by atoms with E-state index in [4.69, 9.17) is 9.47 Å². The molecule has 4 heteroatoms. The van der Waals surface area contributed by atoms with Crippen LogP contribution in [0.1, 0.15) is 16.7 Å². The van der Waals surface area contributed by atoms with Crippen molar-refractivity contribution in [3.05, 3.63) is 95.6 Å². The largest absolute Gasteiger partial charge is 0.496 e. The minimum Gasteiger partial charge on any atom is -0.496 e. The second kappa shape index (κ2) is 10.6. The number of aliphatic hydroxyl groups excluding tert-OH is 1. The predicted molar refractivity (Wildman–Crippen MR) is 116 cm³/mol. The molecule has 0 aliphatic carbocycles. The fraction of sp³-hybridized carbons (Fsp3) is 0.280. The van der Waals surface area contributed by atoms with E-state index < -0.39 is 6.10 Å². The third-order valence-electron chi connectivity index (χ3n) is 4.83. The second-order valence-corrected chi connectivity index (χ2v) is 7.20. The number of nitrogens with zero attached hydrogens (tertiary/aromatic N) is 1. The average Bonchev–Trinajstić information content (AvgIpc) is 2.74. The van der Waals surface area contributed by atoms with Gasteiger partial charge in [0.05, 0.1) is 7.11 Å². The van der Waals surface area contributed by atoms with E-state index in [-0.39, 0.29) is 6.61 Å². The molecule has 1 atom stereocenters. The molecule has 0 aliphatic heterocycles. The van der Waals surface area contributed by atoms with E-state index in [1.807, 2.05) is 67.6 Å². The molecule has 1 N–H and O–H groups in total. The third kappa shape index (κ3) is 6.34. The summed E-state index contributed by atoms with van der Waals surface area (Å²) in [6.07, 6.45) is -0.604. The van der Waals surface area contributed by atoms with E-state index in [1.165, 1.54) is 5.56 Å². The van der Waals surface area contributed by atoms with E-state index in [9.17, 15) is 5.11 Å². The lowest BCUT2D eigenvalue weighted by Crippen LogP contribution is -2.35. The van der Waals surface area contributed by atoms with Gasteiger partial charge in [-0.3, -0.25) is 4.90 Å². The zero-order chi connectivity index (χ0) is 20.5. The topological polar surface area (TPSA) is 41.9 Å². The molecule has 0 saturated heterocycles. The van der Waals surface area contributed by atoms with Gasteiger partial charge in [-0.25, -0.2) is 0 Å². The minimum absolute atomic E-state index is 0.252. The van der Waals surface area contributed by atoms with Crippen LogP contribution >= 0.6 is 0 Å². The van der Waals surface area contributed by atoms with Crippen LogP contribution in [0.5, 0.6) is 11.5 Å². The lowest BCUT2D eigenvalue weighted by Gasteiger charge is -2.26. The van der Waals surface area contributed by atoms with Gasteiger partial charge < -0.3 is 14.6 Å². The van der Waals surface area contributed by atoms with Crippen molar-refractivity contribution in [2.45, 2.75) is 26.1 Å². The van der Waals surface area contributed by atoms with Gasteiger partial charge in [0.2, 0.25) is 0 Å². The van der Waals surface area contributed by atoms with Crippen LogP contribution in [0, 0.1) is 6.92 Å². The van der Waals surface area contributed by atoms with Crippen LogP contribution < -0.4 is 9.47 Å². The number of ether oxygens (including phenoxy) is 2. The van der Waals surface area contributed by atoms with Gasteiger partial charge in [-0.05, 0) is 30.2 Å². The summed E-state index contributed by atoms with van der Waals surface area (Å²) in [5.74, 6) is 1.67. The molecule has 0 radical (unpaired) electrons. The van der Waals surface area contributed by atoms with Gasteiger partial charge >= 0.3 is 0 Å². The average molecular weight is 392 g/mol. The highest BCUT2D eigenvalue weighted by Gasteiger charge is 2.16. The molecule has 0 bridgehead atoms. The maximum Gasteiger partial charge on any atom is 0.123 e. The SMILES string of the molecule is COc1ccccc1CN(Cc1ccccc1)C[C@H](O)COc1ccccc1C. The van der Waals surface area contributed by atoms with Crippen molar-refractivity contribution in [3.63, 3.8) is 0 Å². The van der Waals surface area contributed by atoms with Crippen LogP contribution in [0.2, 0.25) is 0 Å². The van der Waals surface area contributed by atoms with Gasteiger partial charge in [-0.15, -0.1) is 0 Å². The van der Waals surface area contributed by atoms with Crippen molar-refractivity contribution in [1.29, 1.82) is 0 Å². The molecule has 0 spiro atoms. The van der Waals surface area contributed by atoms with Crippen molar-refractivity contribution in [2.24, 2.45) is 0 Å². The van der Waals surface area contributed by atoms with E-state index in [1.54, 1.807) is 7.11 Å². The van der Waals surface area contributed by atoms with Crippen LogP contribution in [0.3, 0.4) is 0 Å². The Morgan fingerprint density at radius 3 is 2.21 bits per heavy atom. The molecule has 3 aromatic carbocycles. The first-order valence-electron chi connectivity index (χ1n) is 9.90. The smallest absolute Gasteiger partial charge is 0.123 e. The maximum atomic E-state index is 10.7. The first-order chi connectivity index (χ1) is 14.2. The molecule has 4 nitrogen and oxygen atoms in total. The molecule has 3 aromatic rings. The van der Waals surface area contributed by atoms with Gasteiger partial charge in [0.25, 0.3) is 0 Å². The van der Waals surface area contributed by atoms with Gasteiger partial charge in [0.1, 0.15) is 24.2 Å². The first kappa shape index (κ1) is 20.9. The first-order valence-corrected chi connectivity index (χ1v) is 9.90. The standard InChI is InChI=1S/C25H29NO3/c1-20-10-6-8-14-24(20)29-19-23(27)18-26(16-21-11-4-3-5-12-21)17-22-13-7-9-15-25(22)28-2/h3-15,23,27H,16-19H2,1-2H3/t23-/m0/s1. The maximum absolute atomic E-state index is 10.7. The number of rotatable bonds is 10. The number of benzene rings is 3. The quantitative estimate of drug-likeness (QED) is 0.555. The predicted octanol–water partition coefficient (Wildman–Crippen LogP) is 4.45. The summed E-state index contributed by atoms with van der Waals surface area (Å²) in [5, 5.41) is 10.7. The lowest BCUT2D eigenvalue weighted by molar-refractivity contribution is 0.0623. The molecular weight excluding hydrogens is 362 g/mol. The molecule has 0 aromatic heterocycles. The summed E-state index contributed by atoms with van der Waals surface area (Å²) >= 11 is 0. The Morgan fingerprint density at radius 2 is 1.48 bits per heavy atom. The zero-order valence-electron chi connectivity index (χ0n) is 17.1. The summed E-state index contributed by atoms with van der Waals surface area (Å²) in [6.45, 7) is 4.17. The molecule has 0 unspecified atom stereocenters. The summed E-state index contributed by atoms with van der Waals surface area (Å²) < 4.78 is 11.3. The highest BCUT2D eigenvalue weighted by Crippen LogP contribution is 2.21. The van der Waals surface area contributed by atoms with Crippen molar-refractivity contribution >= 4 is 0 Å². The number of hydrogen-bond donors (Lipinski definition) is 1. The van der Waals surface area contributed by atoms with Gasteiger partial charge in [0.15, 0.2) is 0 Å². The molecular formula is C25H29NO3. The van der Waals surface area contributed by atoms with E-state index in [0.717, 1.165) is 29.2 Å². The number of aliphatic hydroxyl groups is 1. The molecule has 0 fully saturated rings. The minimum atomic E-state index is -0.604. The number of methoxy groups -OCH3 is 1. The third-order valence-corrected chi connectivity index (χ3v) is 4.83. The molecule has 0 aliphatic rings. The Bertz CT molecular complexity index is 882. The fourth-order valence-electron chi connectivity index (χ4n) is 3.36. The second-order valence-electron chi connectivity index (χ2n) is 7.20. The Kier molecular flexibility index (Phi) is 7.68. The fourth-order valence-corrected chi connectivity index (χ4v) is 3.36. The van der Waals surface area contributed by atoms with Gasteiger partial charge in [-0.1, -0.05) is 66.7 Å². The van der Waals surface area contributed by atoms with Gasteiger partial charge in [0, 0.05) is 25.2 Å². The van der Waals surface area contributed by atoms with Crippen molar-refractivity contribution < 1.29 is 14.6 Å². The Hall–Kier alpha value is -2.82. The van der Waals surface area contributed by atoms with Crippen LogP contribution in [-0.2, 0) is 13.1 Å². The van der Waals surface area contributed by atoms with Crippen LogP contribution in [0.15, 0.2) is 78.9 Å². The summed E-state index contributed by atoms with van der Waals surface area (Å²) in [6, 6.07) is 26.2. The van der Waals surface area contributed by atoms with E-state index >= 15 is 0 Å². The zero-order valence-corrected chi connectivity index (χ0v) is 17.1. The Morgan fingerprint density at radius 1 is 0.828 bits per heavy atom. The van der Waals surface area contributed by atoms with Gasteiger partial charge in [-0.2, -0.15) is 0 Å². The number of para-hydroxylation sites is 2. The normalized spacial score (nSPS) is 12.0. The molecule has 0 amide bonds. The molecule has 0 saturated carbocycles. The molecule has 3 rings (SSSR count). The lowest BCUT2D eigenvalue weighted by atomic mass is 10.1. The Labute approximate surface area is 173 Å². The van der Waals surface area contributed by atoms with E-state index in [0.29, 0.717) is 13.1 Å². The highest BCUT2D eigenvalue weighted by atomic mass is 16.5. The monoisotopic (exact) mass is 391 g/mol. The van der Waals surface area contributed by atoms with Crippen LogP contribution in [0.25, 0.3) is 0 Å².